The lowest BCUT2D eigenvalue weighted by molar-refractivity contribution is 0.460. The van der Waals surface area contributed by atoms with E-state index in [-0.39, 0.29) is 5.41 Å². The van der Waals surface area contributed by atoms with Gasteiger partial charge >= 0.3 is 0 Å². The molecule has 29 heavy (non-hydrogen) atoms. The molecule has 0 aromatic heterocycles. The Morgan fingerprint density at radius 3 is 2.21 bits per heavy atom. The van der Waals surface area contributed by atoms with Gasteiger partial charge in [0.25, 0.3) is 0 Å². The molecule has 0 radical (unpaired) electrons. The standard InChI is InChI=1S/C28H28O/c1-28(2,25-18-17-23-12-6-7-13-24(23)21-25)19-9-11-22-10-8-16-27(20-22)29-26-14-4-3-5-15-26/h3-8,10,12-18,20-21H,9,11,19H2,1-2H3. The SMILES string of the molecule is CC(C)(CCCc1cccc(Oc2ccccc2)c1)c1ccc2ccccc2c1. The zero-order valence-electron chi connectivity index (χ0n) is 17.3. The zero-order chi connectivity index (χ0) is 20.1. The van der Waals surface area contributed by atoms with Crippen LogP contribution in [0, 0.1) is 0 Å². The Hall–Kier alpha value is -3.06. The molecule has 0 heterocycles. The predicted molar refractivity (Wildman–Crippen MR) is 123 cm³/mol. The predicted octanol–water partition coefficient (Wildman–Crippen LogP) is 7.93. The van der Waals surface area contributed by atoms with E-state index in [1.54, 1.807) is 0 Å². The molecule has 0 fully saturated rings. The molecule has 0 unspecified atom stereocenters. The molecule has 0 amide bonds. The van der Waals surface area contributed by atoms with Gasteiger partial charge in [-0.2, -0.15) is 0 Å². The largest absolute Gasteiger partial charge is 0.457 e. The lowest BCUT2D eigenvalue weighted by atomic mass is 9.79. The fourth-order valence-electron chi connectivity index (χ4n) is 3.88. The van der Waals surface area contributed by atoms with Gasteiger partial charge < -0.3 is 4.74 Å². The summed E-state index contributed by atoms with van der Waals surface area (Å²) in [5.74, 6) is 1.78. The van der Waals surface area contributed by atoms with Crippen LogP contribution >= 0.6 is 0 Å². The summed E-state index contributed by atoms with van der Waals surface area (Å²) in [4.78, 5) is 0. The highest BCUT2D eigenvalue weighted by atomic mass is 16.5. The zero-order valence-corrected chi connectivity index (χ0v) is 17.3. The fraction of sp³-hybridized carbons (Fsp3) is 0.214. The van der Waals surface area contributed by atoms with Gasteiger partial charge in [-0.15, -0.1) is 0 Å². The van der Waals surface area contributed by atoms with Crippen molar-refractivity contribution in [1.29, 1.82) is 0 Å². The van der Waals surface area contributed by atoms with Crippen LogP contribution < -0.4 is 4.74 Å². The Kier molecular flexibility index (Phi) is 5.67. The molecule has 0 spiro atoms. The molecule has 1 heteroatoms. The van der Waals surface area contributed by atoms with Crippen molar-refractivity contribution in [2.24, 2.45) is 0 Å². The minimum absolute atomic E-state index is 0.155. The van der Waals surface area contributed by atoms with Gasteiger partial charge in [-0.25, -0.2) is 0 Å². The van der Waals surface area contributed by atoms with Crippen LogP contribution in [0.2, 0.25) is 0 Å². The summed E-state index contributed by atoms with van der Waals surface area (Å²) in [5.41, 5.74) is 2.90. The maximum absolute atomic E-state index is 5.98. The lowest BCUT2D eigenvalue weighted by Gasteiger charge is -2.26. The summed E-state index contributed by atoms with van der Waals surface area (Å²) in [6.45, 7) is 4.71. The molecule has 4 aromatic rings. The number of benzene rings is 4. The first-order valence-electron chi connectivity index (χ1n) is 10.4. The van der Waals surface area contributed by atoms with E-state index in [9.17, 15) is 0 Å². The molecule has 0 saturated heterocycles. The summed E-state index contributed by atoms with van der Waals surface area (Å²) >= 11 is 0. The molecule has 4 rings (SSSR count). The minimum Gasteiger partial charge on any atom is -0.457 e. The Morgan fingerprint density at radius 2 is 1.38 bits per heavy atom. The summed E-state index contributed by atoms with van der Waals surface area (Å²) in [5, 5.41) is 2.63. The maximum Gasteiger partial charge on any atom is 0.127 e. The molecule has 0 saturated carbocycles. The third-order valence-electron chi connectivity index (χ3n) is 5.68. The van der Waals surface area contributed by atoms with Gasteiger partial charge in [0, 0.05) is 0 Å². The summed E-state index contributed by atoms with van der Waals surface area (Å²) in [6, 6.07) is 33.9. The molecular formula is C28H28O. The van der Waals surface area contributed by atoms with E-state index in [4.69, 9.17) is 4.74 Å². The molecule has 0 atom stereocenters. The van der Waals surface area contributed by atoms with Crippen molar-refractivity contribution in [3.8, 4) is 11.5 Å². The average molecular weight is 381 g/mol. The van der Waals surface area contributed by atoms with Crippen LogP contribution in [0.25, 0.3) is 10.8 Å². The Morgan fingerprint density at radius 1 is 0.655 bits per heavy atom. The maximum atomic E-state index is 5.98. The van der Waals surface area contributed by atoms with Crippen molar-refractivity contribution in [3.05, 3.63) is 108 Å². The van der Waals surface area contributed by atoms with Crippen LogP contribution in [0.3, 0.4) is 0 Å². The topological polar surface area (TPSA) is 9.23 Å². The number of fused-ring (bicyclic) bond motifs is 1. The van der Waals surface area contributed by atoms with E-state index >= 15 is 0 Å². The summed E-state index contributed by atoms with van der Waals surface area (Å²) < 4.78 is 5.98. The second-order valence-electron chi connectivity index (χ2n) is 8.36. The smallest absolute Gasteiger partial charge is 0.127 e. The van der Waals surface area contributed by atoms with Gasteiger partial charge in [0.05, 0.1) is 0 Å². The highest BCUT2D eigenvalue weighted by Crippen LogP contribution is 2.31. The first-order chi connectivity index (χ1) is 14.1. The minimum atomic E-state index is 0.155. The molecule has 0 N–H and O–H groups in total. The van der Waals surface area contributed by atoms with Gasteiger partial charge in [-0.3, -0.25) is 0 Å². The van der Waals surface area contributed by atoms with E-state index in [2.05, 4.69) is 74.5 Å². The molecule has 0 aliphatic carbocycles. The fourth-order valence-corrected chi connectivity index (χ4v) is 3.88. The average Bonchev–Trinajstić information content (AvgIpc) is 2.74. The van der Waals surface area contributed by atoms with Crippen molar-refractivity contribution in [1.82, 2.24) is 0 Å². The van der Waals surface area contributed by atoms with Crippen LogP contribution in [0.5, 0.6) is 11.5 Å². The highest BCUT2D eigenvalue weighted by molar-refractivity contribution is 5.83. The van der Waals surface area contributed by atoms with Crippen molar-refractivity contribution >= 4 is 10.8 Å². The monoisotopic (exact) mass is 380 g/mol. The molecular weight excluding hydrogens is 352 g/mol. The molecule has 0 bridgehead atoms. The summed E-state index contributed by atoms with van der Waals surface area (Å²) in [6.07, 6.45) is 3.35. The second kappa shape index (κ2) is 8.53. The number of hydrogen-bond acceptors (Lipinski definition) is 1. The number of aryl methyl sites for hydroxylation is 1. The van der Waals surface area contributed by atoms with Crippen LogP contribution in [0.15, 0.2) is 97.1 Å². The molecule has 4 aromatic carbocycles. The lowest BCUT2D eigenvalue weighted by Crippen LogP contribution is -2.17. The molecule has 1 nitrogen and oxygen atoms in total. The van der Waals surface area contributed by atoms with Crippen LogP contribution in [0.4, 0.5) is 0 Å². The van der Waals surface area contributed by atoms with Crippen molar-refractivity contribution in [3.63, 3.8) is 0 Å². The number of para-hydroxylation sites is 1. The Labute approximate surface area is 174 Å². The molecule has 0 aliphatic heterocycles. The van der Waals surface area contributed by atoms with Gasteiger partial charge in [-0.1, -0.05) is 86.6 Å². The van der Waals surface area contributed by atoms with Gasteiger partial charge in [0.1, 0.15) is 11.5 Å². The van der Waals surface area contributed by atoms with Crippen molar-refractivity contribution in [2.75, 3.05) is 0 Å². The van der Waals surface area contributed by atoms with E-state index in [0.29, 0.717) is 0 Å². The normalized spacial score (nSPS) is 11.5. The number of rotatable bonds is 7. The van der Waals surface area contributed by atoms with Crippen molar-refractivity contribution < 1.29 is 4.74 Å². The van der Waals surface area contributed by atoms with Gasteiger partial charge in [0.15, 0.2) is 0 Å². The van der Waals surface area contributed by atoms with Crippen LogP contribution in [-0.4, -0.2) is 0 Å². The molecule has 0 aliphatic rings. The van der Waals surface area contributed by atoms with Crippen LogP contribution in [0.1, 0.15) is 37.8 Å². The van der Waals surface area contributed by atoms with E-state index in [1.807, 2.05) is 36.4 Å². The second-order valence-corrected chi connectivity index (χ2v) is 8.36. The Bertz CT molecular complexity index is 1080. The molecule has 146 valence electrons. The van der Waals surface area contributed by atoms with Gasteiger partial charge in [0.2, 0.25) is 0 Å². The number of ether oxygens (including phenoxy) is 1. The van der Waals surface area contributed by atoms with Crippen LogP contribution in [-0.2, 0) is 11.8 Å². The van der Waals surface area contributed by atoms with E-state index < -0.39 is 0 Å². The number of hydrogen-bond donors (Lipinski definition) is 0. The third-order valence-corrected chi connectivity index (χ3v) is 5.68. The van der Waals surface area contributed by atoms with Gasteiger partial charge in [-0.05, 0) is 70.8 Å². The van der Waals surface area contributed by atoms with E-state index in [0.717, 1.165) is 30.8 Å². The first kappa shape index (κ1) is 19.3. The van der Waals surface area contributed by atoms with Crippen molar-refractivity contribution in [2.45, 2.75) is 38.5 Å². The highest BCUT2D eigenvalue weighted by Gasteiger charge is 2.20. The Balaban J connectivity index is 1.39. The summed E-state index contributed by atoms with van der Waals surface area (Å²) in [7, 11) is 0. The first-order valence-corrected chi connectivity index (χ1v) is 10.4. The quantitative estimate of drug-likeness (QED) is 0.316. The third kappa shape index (κ3) is 4.86. The van der Waals surface area contributed by atoms with E-state index in [1.165, 1.54) is 21.9 Å².